The summed E-state index contributed by atoms with van der Waals surface area (Å²) < 4.78 is 13.5. The lowest BCUT2D eigenvalue weighted by atomic mass is 9.84. The average Bonchev–Trinajstić information content (AvgIpc) is 2.81. The van der Waals surface area contributed by atoms with Crippen molar-refractivity contribution in [2.75, 3.05) is 19.6 Å². The van der Waals surface area contributed by atoms with E-state index in [2.05, 4.69) is 10.6 Å². The van der Waals surface area contributed by atoms with E-state index in [1.807, 2.05) is 18.7 Å². The lowest BCUT2D eigenvalue weighted by Crippen LogP contribution is -2.57. The van der Waals surface area contributed by atoms with Gasteiger partial charge in [0.1, 0.15) is 12.2 Å². The summed E-state index contributed by atoms with van der Waals surface area (Å²) in [6.45, 7) is 6.36. The molecular formula is C26H46FN3O3. The molecule has 1 atom stereocenters. The molecule has 1 aliphatic heterocycles. The van der Waals surface area contributed by atoms with Gasteiger partial charge in [-0.25, -0.2) is 4.39 Å². The van der Waals surface area contributed by atoms with Gasteiger partial charge in [-0.3, -0.25) is 9.59 Å². The number of hydrogen-bond acceptors (Lipinski definition) is 4. The number of piperidine rings is 1. The Labute approximate surface area is 199 Å². The molecule has 0 aromatic rings. The SMILES string of the molecule is CC(C)N(C(=O)CCC1CCC(O)CC1)C(C(=O)NCC1CCC(F)CC1)C1CCNCC1. The van der Waals surface area contributed by atoms with Crippen molar-refractivity contribution < 1.29 is 19.1 Å². The first kappa shape index (κ1) is 26.4. The van der Waals surface area contributed by atoms with Gasteiger partial charge in [0.25, 0.3) is 0 Å². The molecule has 0 radical (unpaired) electrons. The minimum atomic E-state index is -0.694. The summed E-state index contributed by atoms with van der Waals surface area (Å²) in [5, 5.41) is 16.3. The maximum Gasteiger partial charge on any atom is 0.243 e. The zero-order valence-electron chi connectivity index (χ0n) is 20.7. The van der Waals surface area contributed by atoms with Crippen LogP contribution in [-0.2, 0) is 9.59 Å². The van der Waals surface area contributed by atoms with E-state index in [-0.39, 0.29) is 29.9 Å². The summed E-state index contributed by atoms with van der Waals surface area (Å²) in [6, 6.07) is -0.483. The molecule has 7 heteroatoms. The Bertz CT molecular complexity index is 610. The molecule has 3 fully saturated rings. The maximum absolute atomic E-state index is 13.5. The van der Waals surface area contributed by atoms with Crippen molar-refractivity contribution in [2.45, 2.75) is 115 Å². The fourth-order valence-electron chi connectivity index (χ4n) is 6.06. The minimum Gasteiger partial charge on any atom is -0.393 e. The van der Waals surface area contributed by atoms with E-state index >= 15 is 0 Å². The summed E-state index contributed by atoms with van der Waals surface area (Å²) in [6.07, 6.45) is 8.66. The fraction of sp³-hybridized carbons (Fsp3) is 0.923. The van der Waals surface area contributed by atoms with Crippen LogP contribution < -0.4 is 10.6 Å². The van der Waals surface area contributed by atoms with Gasteiger partial charge in [0, 0.05) is 19.0 Å². The molecule has 0 aromatic carbocycles. The molecule has 1 unspecified atom stereocenters. The highest BCUT2D eigenvalue weighted by molar-refractivity contribution is 5.88. The molecular weight excluding hydrogens is 421 g/mol. The van der Waals surface area contributed by atoms with E-state index in [0.29, 0.717) is 37.6 Å². The molecule has 2 aliphatic carbocycles. The molecule has 2 saturated carbocycles. The number of rotatable bonds is 9. The molecule has 3 rings (SSSR count). The Kier molecular flexibility index (Phi) is 10.4. The van der Waals surface area contributed by atoms with Gasteiger partial charge in [-0.15, -0.1) is 0 Å². The fourth-order valence-corrected chi connectivity index (χ4v) is 6.06. The maximum atomic E-state index is 13.5. The van der Waals surface area contributed by atoms with Crippen LogP contribution in [0.25, 0.3) is 0 Å². The molecule has 33 heavy (non-hydrogen) atoms. The quantitative estimate of drug-likeness (QED) is 0.484. The second-order valence-electron chi connectivity index (χ2n) is 11.0. The van der Waals surface area contributed by atoms with Gasteiger partial charge in [0.15, 0.2) is 0 Å². The van der Waals surface area contributed by atoms with E-state index in [0.717, 1.165) is 70.9 Å². The highest BCUT2D eigenvalue weighted by atomic mass is 19.1. The number of hydrogen-bond donors (Lipinski definition) is 3. The second kappa shape index (κ2) is 13.0. The average molecular weight is 468 g/mol. The van der Waals surface area contributed by atoms with Crippen LogP contribution in [0.3, 0.4) is 0 Å². The Balaban J connectivity index is 1.63. The zero-order valence-corrected chi connectivity index (χ0v) is 20.7. The number of aliphatic hydroxyl groups is 1. The minimum absolute atomic E-state index is 0.0351. The van der Waals surface area contributed by atoms with Crippen molar-refractivity contribution in [3.63, 3.8) is 0 Å². The molecule has 0 aromatic heterocycles. The third-order valence-electron chi connectivity index (χ3n) is 8.17. The number of carbonyl (C=O) groups is 2. The number of amides is 2. The Morgan fingerprint density at radius 3 is 2.18 bits per heavy atom. The number of halogens is 1. The number of carbonyl (C=O) groups excluding carboxylic acids is 2. The predicted octanol–water partition coefficient (Wildman–Crippen LogP) is 3.57. The standard InChI is InChI=1S/C26H46FN3O3/c1-18(2)30(24(32)12-7-19-5-10-23(31)11-6-19)25(21-13-15-28-16-14-21)26(33)29-17-20-3-8-22(27)9-4-20/h18-23,25,28,31H,3-17H2,1-2H3,(H,29,33). The first-order valence-corrected chi connectivity index (χ1v) is 13.5. The molecule has 0 spiro atoms. The summed E-state index contributed by atoms with van der Waals surface area (Å²) >= 11 is 0. The molecule has 1 heterocycles. The monoisotopic (exact) mass is 467 g/mol. The normalized spacial score (nSPS) is 30.1. The Morgan fingerprint density at radius 2 is 1.58 bits per heavy atom. The van der Waals surface area contributed by atoms with Crippen molar-refractivity contribution in [3.8, 4) is 0 Å². The number of aliphatic hydroxyl groups excluding tert-OH is 1. The van der Waals surface area contributed by atoms with Crippen LogP contribution in [0.5, 0.6) is 0 Å². The van der Waals surface area contributed by atoms with Crippen LogP contribution in [0.1, 0.15) is 90.9 Å². The second-order valence-corrected chi connectivity index (χ2v) is 11.0. The van der Waals surface area contributed by atoms with Gasteiger partial charge in [-0.1, -0.05) is 0 Å². The van der Waals surface area contributed by atoms with Crippen LogP contribution in [0.4, 0.5) is 4.39 Å². The number of nitrogens with one attached hydrogen (secondary N) is 2. The number of nitrogens with zero attached hydrogens (tertiary/aromatic N) is 1. The summed E-state index contributed by atoms with van der Waals surface area (Å²) in [7, 11) is 0. The van der Waals surface area contributed by atoms with Crippen LogP contribution in [0.15, 0.2) is 0 Å². The van der Waals surface area contributed by atoms with Gasteiger partial charge >= 0.3 is 0 Å². The predicted molar refractivity (Wildman–Crippen MR) is 128 cm³/mol. The van der Waals surface area contributed by atoms with Gasteiger partial charge in [-0.05, 0) is 115 Å². The largest absolute Gasteiger partial charge is 0.393 e. The van der Waals surface area contributed by atoms with Crippen LogP contribution >= 0.6 is 0 Å². The van der Waals surface area contributed by atoms with E-state index in [4.69, 9.17) is 0 Å². The lowest BCUT2D eigenvalue weighted by Gasteiger charge is -2.41. The summed E-state index contributed by atoms with van der Waals surface area (Å²) in [5.41, 5.74) is 0. The van der Waals surface area contributed by atoms with Gasteiger partial charge < -0.3 is 20.6 Å². The van der Waals surface area contributed by atoms with Gasteiger partial charge in [0.05, 0.1) is 6.10 Å². The molecule has 2 amide bonds. The molecule has 3 aliphatic rings. The van der Waals surface area contributed by atoms with Crippen LogP contribution in [0.2, 0.25) is 0 Å². The van der Waals surface area contributed by atoms with Gasteiger partial charge in [0.2, 0.25) is 11.8 Å². The molecule has 6 nitrogen and oxygen atoms in total. The van der Waals surface area contributed by atoms with Crippen LogP contribution in [0, 0.1) is 17.8 Å². The molecule has 0 bridgehead atoms. The third kappa shape index (κ3) is 7.91. The van der Waals surface area contributed by atoms with E-state index in [1.165, 1.54) is 0 Å². The first-order valence-electron chi connectivity index (χ1n) is 13.5. The summed E-state index contributed by atoms with van der Waals surface area (Å²) in [4.78, 5) is 28.8. The Hall–Kier alpha value is -1.21. The van der Waals surface area contributed by atoms with Crippen molar-refractivity contribution in [2.24, 2.45) is 17.8 Å². The van der Waals surface area contributed by atoms with Gasteiger partial charge in [-0.2, -0.15) is 0 Å². The smallest absolute Gasteiger partial charge is 0.243 e. The van der Waals surface area contributed by atoms with Crippen LogP contribution in [-0.4, -0.2) is 65.8 Å². The topological polar surface area (TPSA) is 81.7 Å². The summed E-state index contributed by atoms with van der Waals surface area (Å²) in [5.74, 6) is 1.02. The third-order valence-corrected chi connectivity index (χ3v) is 8.17. The van der Waals surface area contributed by atoms with Crippen molar-refractivity contribution in [1.29, 1.82) is 0 Å². The van der Waals surface area contributed by atoms with Crippen molar-refractivity contribution in [3.05, 3.63) is 0 Å². The Morgan fingerprint density at radius 1 is 0.970 bits per heavy atom. The van der Waals surface area contributed by atoms with E-state index in [1.54, 1.807) is 0 Å². The first-order chi connectivity index (χ1) is 15.8. The highest BCUT2D eigenvalue weighted by Crippen LogP contribution is 2.30. The van der Waals surface area contributed by atoms with E-state index < -0.39 is 12.2 Å². The van der Waals surface area contributed by atoms with E-state index in [9.17, 15) is 19.1 Å². The zero-order chi connectivity index (χ0) is 23.8. The highest BCUT2D eigenvalue weighted by Gasteiger charge is 2.38. The molecule has 3 N–H and O–H groups in total. The lowest BCUT2D eigenvalue weighted by molar-refractivity contribution is -0.145. The molecule has 190 valence electrons. The number of alkyl halides is 1. The van der Waals surface area contributed by atoms with Crippen molar-refractivity contribution >= 4 is 11.8 Å². The molecule has 1 saturated heterocycles. The van der Waals surface area contributed by atoms with Crippen molar-refractivity contribution in [1.82, 2.24) is 15.5 Å².